The summed E-state index contributed by atoms with van der Waals surface area (Å²) < 4.78 is 144. The molecule has 0 bridgehead atoms. The van der Waals surface area contributed by atoms with Crippen molar-refractivity contribution in [3.63, 3.8) is 0 Å². The summed E-state index contributed by atoms with van der Waals surface area (Å²) in [6, 6.07) is 2.82. The Morgan fingerprint density at radius 3 is 1.00 bits per heavy atom. The van der Waals surface area contributed by atoms with Gasteiger partial charge in [0.1, 0.15) is 0 Å². The van der Waals surface area contributed by atoms with Crippen molar-refractivity contribution < 1.29 is 52.7 Å². The predicted molar refractivity (Wildman–Crippen MR) is 80.6 cm³/mol. The highest BCUT2D eigenvalue weighted by atomic mass is 79.9. The smallest absolute Gasteiger partial charge is 0.166 e. The molecule has 0 atom stereocenters. The first-order valence-electron chi connectivity index (χ1n) is 7.02. The molecule has 0 aromatic heterocycles. The minimum Gasteiger partial charge on any atom is -0.166 e. The van der Waals surface area contributed by atoms with Crippen LogP contribution >= 0.6 is 15.9 Å². The average Bonchev–Trinajstić information content (AvgIpc) is 2.52. The Labute approximate surface area is 163 Å². The number of hydrogen-bond acceptors (Lipinski definition) is 0. The van der Waals surface area contributed by atoms with Crippen LogP contribution in [-0.2, 0) is 24.7 Å². The molecule has 0 spiro atoms. The Bertz CT molecular complexity index is 777. The Kier molecular flexibility index (Phi) is 7.31. The molecule has 0 unspecified atom stereocenters. The van der Waals surface area contributed by atoms with E-state index in [9.17, 15) is 52.7 Å². The Hall–Kier alpha value is -1.92. The Morgan fingerprint density at radius 1 is 0.448 bits per heavy atom. The molecule has 0 heterocycles. The van der Waals surface area contributed by atoms with Crippen LogP contribution < -0.4 is 0 Å². The molecule has 0 nitrogen and oxygen atoms in total. The molecule has 2 aromatic rings. The van der Waals surface area contributed by atoms with Gasteiger partial charge in [-0.1, -0.05) is 15.9 Å². The lowest BCUT2D eigenvalue weighted by Crippen LogP contribution is -2.09. The fourth-order valence-corrected chi connectivity index (χ4v) is 2.37. The van der Waals surface area contributed by atoms with Gasteiger partial charge in [-0.25, -0.2) is 0 Å². The second kappa shape index (κ2) is 8.44. The van der Waals surface area contributed by atoms with Crippen LogP contribution in [-0.4, -0.2) is 0 Å². The second-order valence-electron chi connectivity index (χ2n) is 5.26. The van der Waals surface area contributed by atoms with Gasteiger partial charge in [-0.15, -0.1) is 0 Å². The summed E-state index contributed by atoms with van der Waals surface area (Å²) in [7, 11) is 0. The van der Waals surface area contributed by atoms with E-state index in [-0.39, 0.29) is 0 Å². The molecule has 0 N–H and O–H groups in total. The third-order valence-electron chi connectivity index (χ3n) is 3.14. The summed E-state index contributed by atoms with van der Waals surface area (Å²) in [4.78, 5) is 0. The zero-order chi connectivity index (χ0) is 22.8. The van der Waals surface area contributed by atoms with Crippen LogP contribution in [0.2, 0.25) is 0 Å². The summed E-state index contributed by atoms with van der Waals surface area (Å²) >= 11 is 2.46. The largest absolute Gasteiger partial charge is 0.417 e. The topological polar surface area (TPSA) is 0 Å². The number of halogens is 13. The Balaban J connectivity index is 0.000000291. The average molecular weight is 507 g/mol. The molecule has 0 fully saturated rings. The van der Waals surface area contributed by atoms with Crippen LogP contribution in [0.1, 0.15) is 22.3 Å². The minimum absolute atomic E-state index is 0.396. The van der Waals surface area contributed by atoms with Crippen LogP contribution in [0, 0.1) is 0 Å². The summed E-state index contributed by atoms with van der Waals surface area (Å²) in [6.45, 7) is 0. The fourth-order valence-electron chi connectivity index (χ4n) is 1.77. The van der Waals surface area contributed by atoms with Crippen molar-refractivity contribution in [2.24, 2.45) is 0 Å². The molecule has 0 aliphatic carbocycles. The van der Waals surface area contributed by atoms with Crippen molar-refractivity contribution in [3.8, 4) is 0 Å². The maximum atomic E-state index is 12.2. The van der Waals surface area contributed by atoms with E-state index < -0.39 is 51.4 Å². The van der Waals surface area contributed by atoms with Gasteiger partial charge in [0.15, 0.2) is 0 Å². The third-order valence-corrected chi connectivity index (χ3v) is 3.80. The maximum absolute atomic E-state index is 12.2. The lowest BCUT2D eigenvalue weighted by molar-refractivity contribution is -0.141. The van der Waals surface area contributed by atoms with E-state index in [1.807, 2.05) is 0 Å². The third kappa shape index (κ3) is 7.44. The summed E-state index contributed by atoms with van der Waals surface area (Å²) in [5.74, 6) is 0. The molecule has 2 aromatic carbocycles. The van der Waals surface area contributed by atoms with Crippen molar-refractivity contribution in [1.82, 2.24) is 0 Å². The first-order valence-corrected chi connectivity index (χ1v) is 7.81. The van der Waals surface area contributed by atoms with Crippen molar-refractivity contribution in [3.05, 3.63) is 69.2 Å². The van der Waals surface area contributed by atoms with Gasteiger partial charge in [0.05, 0.1) is 22.3 Å². The molecule has 0 saturated carbocycles. The number of rotatable bonds is 0. The van der Waals surface area contributed by atoms with Crippen molar-refractivity contribution in [2.45, 2.75) is 24.7 Å². The molecule has 2 rings (SSSR count). The minimum atomic E-state index is -4.66. The zero-order valence-electron chi connectivity index (χ0n) is 13.5. The first kappa shape index (κ1) is 25.1. The standard InChI is InChI=1S/C8H3BrF6.C8H4F6/c9-6-3-4(7(10,11)12)1-2-5(6)8(13,14)15;9-7(10,11)5-1-2-6(4-3-5)8(12,13)14/h1-3H;1-4H. The molecule has 0 aliphatic heterocycles. The maximum Gasteiger partial charge on any atom is 0.417 e. The summed E-state index contributed by atoms with van der Waals surface area (Å²) in [5, 5.41) is 0. The second-order valence-corrected chi connectivity index (χ2v) is 6.12. The fraction of sp³-hybridized carbons (Fsp3) is 0.250. The Morgan fingerprint density at radius 2 is 0.759 bits per heavy atom. The lowest BCUT2D eigenvalue weighted by atomic mass is 10.1. The molecule has 0 saturated heterocycles. The highest BCUT2D eigenvalue weighted by molar-refractivity contribution is 9.10. The number of hydrogen-bond donors (Lipinski definition) is 0. The van der Waals surface area contributed by atoms with E-state index in [4.69, 9.17) is 0 Å². The summed E-state index contributed by atoms with van der Waals surface area (Å²) in [5.41, 5.74) is -4.44. The van der Waals surface area contributed by atoms with Crippen LogP contribution in [0.25, 0.3) is 0 Å². The SMILES string of the molecule is FC(F)(F)c1ccc(C(F)(F)F)c(Br)c1.FC(F)(F)c1ccc(C(F)(F)F)cc1. The molecule has 162 valence electrons. The molecule has 13 heteroatoms. The predicted octanol–water partition coefficient (Wildman–Crippen LogP) is 8.21. The van der Waals surface area contributed by atoms with Crippen LogP contribution in [0.5, 0.6) is 0 Å². The van der Waals surface area contributed by atoms with E-state index in [1.165, 1.54) is 0 Å². The van der Waals surface area contributed by atoms with E-state index >= 15 is 0 Å². The molecule has 0 aliphatic rings. The van der Waals surface area contributed by atoms with Gasteiger partial charge < -0.3 is 0 Å². The number of alkyl halides is 12. The van der Waals surface area contributed by atoms with Crippen molar-refractivity contribution >= 4 is 15.9 Å². The van der Waals surface area contributed by atoms with Crippen LogP contribution in [0.15, 0.2) is 46.9 Å². The van der Waals surface area contributed by atoms with Gasteiger partial charge in [0.2, 0.25) is 0 Å². The monoisotopic (exact) mass is 506 g/mol. The first-order chi connectivity index (χ1) is 12.8. The van der Waals surface area contributed by atoms with Gasteiger partial charge in [-0.2, -0.15) is 52.7 Å². The normalized spacial score (nSPS) is 13.0. The van der Waals surface area contributed by atoms with Crippen molar-refractivity contribution in [2.75, 3.05) is 0 Å². The molecule has 0 radical (unpaired) electrons. The van der Waals surface area contributed by atoms with Gasteiger partial charge in [-0.05, 0) is 42.5 Å². The molecule has 0 amide bonds. The lowest BCUT2D eigenvalue weighted by Gasteiger charge is -2.12. The molecular formula is C16H7BrF12. The molecule has 29 heavy (non-hydrogen) atoms. The van der Waals surface area contributed by atoms with Gasteiger partial charge in [0, 0.05) is 4.47 Å². The van der Waals surface area contributed by atoms with E-state index in [1.54, 1.807) is 0 Å². The van der Waals surface area contributed by atoms with E-state index in [0.717, 1.165) is 0 Å². The van der Waals surface area contributed by atoms with Crippen molar-refractivity contribution in [1.29, 1.82) is 0 Å². The van der Waals surface area contributed by atoms with Gasteiger partial charge in [-0.3, -0.25) is 0 Å². The number of benzene rings is 2. The van der Waals surface area contributed by atoms with Gasteiger partial charge >= 0.3 is 24.7 Å². The van der Waals surface area contributed by atoms with Gasteiger partial charge in [0.25, 0.3) is 0 Å². The highest BCUT2D eigenvalue weighted by Gasteiger charge is 2.36. The highest BCUT2D eigenvalue weighted by Crippen LogP contribution is 2.38. The zero-order valence-corrected chi connectivity index (χ0v) is 15.0. The molecular weight excluding hydrogens is 500 g/mol. The summed E-state index contributed by atoms with van der Waals surface area (Å²) in [6.07, 6.45) is -18.5. The van der Waals surface area contributed by atoms with Crippen LogP contribution in [0.3, 0.4) is 0 Å². The van der Waals surface area contributed by atoms with E-state index in [2.05, 4.69) is 15.9 Å². The van der Waals surface area contributed by atoms with E-state index in [0.29, 0.717) is 42.5 Å². The van der Waals surface area contributed by atoms with Crippen LogP contribution in [0.4, 0.5) is 52.7 Å². The quantitative estimate of drug-likeness (QED) is 0.316.